The first kappa shape index (κ1) is 17.0. The van der Waals surface area contributed by atoms with E-state index in [1.807, 2.05) is 37.2 Å². The molecule has 138 valence electrons. The van der Waals surface area contributed by atoms with Gasteiger partial charge in [-0.25, -0.2) is 4.52 Å². The summed E-state index contributed by atoms with van der Waals surface area (Å²) in [5, 5.41) is 7.70. The molecule has 0 fully saturated rings. The van der Waals surface area contributed by atoms with E-state index in [1.165, 1.54) is 6.20 Å². The number of amides is 1. The number of hydrogen-bond acceptors (Lipinski definition) is 5. The first-order valence-electron chi connectivity index (χ1n) is 8.53. The lowest BCUT2D eigenvalue weighted by Crippen LogP contribution is -2.34. The van der Waals surface area contributed by atoms with Gasteiger partial charge < -0.3 is 14.7 Å². The topological polar surface area (TPSA) is 95.6 Å². The van der Waals surface area contributed by atoms with E-state index in [0.29, 0.717) is 28.7 Å². The number of para-hydroxylation sites is 1. The van der Waals surface area contributed by atoms with Crippen LogP contribution in [0.15, 0.2) is 58.1 Å². The average Bonchev–Trinajstić information content (AvgIpc) is 3.32. The standard InChI is InChI=1S/C19H19N5O3/c1-23(2)15(16-8-5-9-27-16)11-20-18(25)13-10-21-24-14-7-4-3-6-12(14)19(26)22-17(13)24/h3-10,15H,11H2,1-2H3,(H,20,25)(H,22,26). The van der Waals surface area contributed by atoms with E-state index in [1.54, 1.807) is 29.0 Å². The van der Waals surface area contributed by atoms with Crippen LogP contribution >= 0.6 is 0 Å². The number of fused-ring (bicyclic) bond motifs is 3. The molecule has 1 aromatic carbocycles. The summed E-state index contributed by atoms with van der Waals surface area (Å²) in [6.07, 6.45) is 3.07. The Morgan fingerprint density at radius 2 is 2.11 bits per heavy atom. The van der Waals surface area contributed by atoms with Crippen molar-refractivity contribution < 1.29 is 9.21 Å². The van der Waals surface area contributed by atoms with E-state index < -0.39 is 0 Å². The molecule has 0 spiro atoms. The van der Waals surface area contributed by atoms with Crippen molar-refractivity contribution >= 4 is 22.5 Å². The molecule has 0 bridgehead atoms. The number of carbonyl (C=O) groups is 1. The molecule has 0 saturated heterocycles. The van der Waals surface area contributed by atoms with Crippen molar-refractivity contribution in [3.8, 4) is 0 Å². The van der Waals surface area contributed by atoms with Crippen molar-refractivity contribution in [1.82, 2.24) is 24.8 Å². The Balaban J connectivity index is 1.64. The molecule has 8 heteroatoms. The molecule has 0 aliphatic carbocycles. The highest BCUT2D eigenvalue weighted by Crippen LogP contribution is 2.18. The van der Waals surface area contributed by atoms with Gasteiger partial charge in [-0.05, 0) is 38.4 Å². The minimum absolute atomic E-state index is 0.106. The molecule has 4 rings (SSSR count). The van der Waals surface area contributed by atoms with Crippen LogP contribution in [-0.4, -0.2) is 46.0 Å². The van der Waals surface area contributed by atoms with Gasteiger partial charge in [0.15, 0.2) is 0 Å². The zero-order valence-electron chi connectivity index (χ0n) is 15.0. The summed E-state index contributed by atoms with van der Waals surface area (Å²) in [6, 6.07) is 10.7. The van der Waals surface area contributed by atoms with E-state index in [9.17, 15) is 9.59 Å². The summed E-state index contributed by atoms with van der Waals surface area (Å²) in [5.74, 6) is 0.453. The minimum atomic E-state index is -0.311. The number of likely N-dealkylation sites (N-methyl/N-ethyl adjacent to an activating group) is 1. The van der Waals surface area contributed by atoms with Gasteiger partial charge >= 0.3 is 0 Å². The van der Waals surface area contributed by atoms with Gasteiger partial charge in [-0.2, -0.15) is 5.10 Å². The summed E-state index contributed by atoms with van der Waals surface area (Å²) in [7, 11) is 3.83. The molecule has 0 saturated carbocycles. The van der Waals surface area contributed by atoms with Gasteiger partial charge in [-0.15, -0.1) is 0 Å². The maximum absolute atomic E-state index is 12.7. The molecule has 0 radical (unpaired) electrons. The third kappa shape index (κ3) is 3.00. The molecule has 1 unspecified atom stereocenters. The Morgan fingerprint density at radius 3 is 2.85 bits per heavy atom. The number of rotatable bonds is 5. The van der Waals surface area contributed by atoms with Crippen LogP contribution in [-0.2, 0) is 0 Å². The fourth-order valence-corrected chi connectivity index (χ4v) is 3.15. The lowest BCUT2D eigenvalue weighted by molar-refractivity contribution is 0.0940. The SMILES string of the molecule is CN(C)C(CNC(=O)c1cnn2c1[nH]c(=O)c1ccccc12)c1ccco1. The number of carbonyl (C=O) groups excluding carboxylic acids is 1. The Morgan fingerprint density at radius 1 is 1.30 bits per heavy atom. The van der Waals surface area contributed by atoms with Crippen LogP contribution in [0.1, 0.15) is 22.2 Å². The van der Waals surface area contributed by atoms with Crippen LogP contribution in [0.4, 0.5) is 0 Å². The predicted molar refractivity (Wildman–Crippen MR) is 101 cm³/mol. The van der Waals surface area contributed by atoms with Crippen LogP contribution in [0.5, 0.6) is 0 Å². The van der Waals surface area contributed by atoms with Crippen molar-refractivity contribution in [2.75, 3.05) is 20.6 Å². The molecule has 0 aliphatic rings. The van der Waals surface area contributed by atoms with E-state index in [4.69, 9.17) is 4.42 Å². The van der Waals surface area contributed by atoms with Crippen molar-refractivity contribution in [3.05, 3.63) is 70.5 Å². The van der Waals surface area contributed by atoms with E-state index in [0.717, 1.165) is 5.76 Å². The summed E-state index contributed by atoms with van der Waals surface area (Å²) < 4.78 is 7.03. The van der Waals surface area contributed by atoms with Gasteiger partial charge in [-0.3, -0.25) is 14.5 Å². The first-order valence-corrected chi connectivity index (χ1v) is 8.53. The van der Waals surface area contributed by atoms with Crippen LogP contribution < -0.4 is 10.9 Å². The van der Waals surface area contributed by atoms with Crippen LogP contribution in [0, 0.1) is 0 Å². The summed E-state index contributed by atoms with van der Waals surface area (Å²) in [4.78, 5) is 29.8. The zero-order chi connectivity index (χ0) is 19.0. The van der Waals surface area contributed by atoms with E-state index >= 15 is 0 Å². The largest absolute Gasteiger partial charge is 0.468 e. The summed E-state index contributed by atoms with van der Waals surface area (Å²) >= 11 is 0. The van der Waals surface area contributed by atoms with Crippen molar-refractivity contribution in [2.24, 2.45) is 0 Å². The van der Waals surface area contributed by atoms with Crippen LogP contribution in [0.25, 0.3) is 16.6 Å². The second-order valence-electron chi connectivity index (χ2n) is 6.49. The van der Waals surface area contributed by atoms with Crippen molar-refractivity contribution in [2.45, 2.75) is 6.04 Å². The molecule has 1 amide bonds. The molecule has 8 nitrogen and oxygen atoms in total. The number of benzene rings is 1. The smallest absolute Gasteiger partial charge is 0.259 e. The molecule has 27 heavy (non-hydrogen) atoms. The van der Waals surface area contributed by atoms with Gasteiger partial charge in [0.1, 0.15) is 17.0 Å². The molecule has 2 N–H and O–H groups in total. The second-order valence-corrected chi connectivity index (χ2v) is 6.49. The second kappa shape index (κ2) is 6.73. The Hall–Kier alpha value is -3.39. The monoisotopic (exact) mass is 365 g/mol. The van der Waals surface area contributed by atoms with Gasteiger partial charge in [0, 0.05) is 6.54 Å². The highest BCUT2D eigenvalue weighted by molar-refractivity contribution is 6.00. The quantitative estimate of drug-likeness (QED) is 0.562. The minimum Gasteiger partial charge on any atom is -0.468 e. The maximum atomic E-state index is 12.7. The van der Waals surface area contributed by atoms with Crippen LogP contribution in [0.2, 0.25) is 0 Å². The third-order valence-corrected chi connectivity index (χ3v) is 4.57. The Kier molecular flexibility index (Phi) is 4.25. The first-order chi connectivity index (χ1) is 13.1. The van der Waals surface area contributed by atoms with Gasteiger partial charge in [-0.1, -0.05) is 12.1 Å². The van der Waals surface area contributed by atoms with E-state index in [-0.39, 0.29) is 17.5 Å². The average molecular weight is 365 g/mol. The highest BCUT2D eigenvalue weighted by atomic mass is 16.3. The Labute approximate surface area is 154 Å². The molecule has 3 aromatic heterocycles. The molecular weight excluding hydrogens is 346 g/mol. The number of hydrogen-bond donors (Lipinski definition) is 2. The molecule has 0 aliphatic heterocycles. The number of furan rings is 1. The zero-order valence-corrected chi connectivity index (χ0v) is 15.0. The highest BCUT2D eigenvalue weighted by Gasteiger charge is 2.20. The fourth-order valence-electron chi connectivity index (χ4n) is 3.15. The van der Waals surface area contributed by atoms with Gasteiger partial charge in [0.05, 0.1) is 29.4 Å². The summed E-state index contributed by atoms with van der Waals surface area (Å²) in [6.45, 7) is 0.356. The van der Waals surface area contributed by atoms with Crippen molar-refractivity contribution in [1.29, 1.82) is 0 Å². The van der Waals surface area contributed by atoms with Crippen molar-refractivity contribution in [3.63, 3.8) is 0 Å². The normalized spacial score (nSPS) is 12.7. The number of nitrogens with one attached hydrogen (secondary N) is 2. The summed E-state index contributed by atoms with van der Waals surface area (Å²) in [5.41, 5.74) is 1.08. The predicted octanol–water partition coefficient (Wildman–Crippen LogP) is 1.80. The van der Waals surface area contributed by atoms with Gasteiger partial charge in [0.25, 0.3) is 11.5 Å². The number of aromatic nitrogens is 3. The number of nitrogens with zero attached hydrogens (tertiary/aromatic N) is 3. The van der Waals surface area contributed by atoms with E-state index in [2.05, 4.69) is 15.4 Å². The lowest BCUT2D eigenvalue weighted by Gasteiger charge is -2.22. The fraction of sp³-hybridized carbons (Fsp3) is 0.211. The van der Waals surface area contributed by atoms with Crippen LogP contribution in [0.3, 0.4) is 0 Å². The third-order valence-electron chi connectivity index (χ3n) is 4.57. The molecule has 3 heterocycles. The lowest BCUT2D eigenvalue weighted by atomic mass is 10.2. The molecular formula is C19H19N5O3. The maximum Gasteiger partial charge on any atom is 0.259 e. The molecule has 1 atom stereocenters. The van der Waals surface area contributed by atoms with Gasteiger partial charge in [0.2, 0.25) is 0 Å². The Bertz CT molecular complexity index is 1160. The number of aromatic amines is 1. The number of H-pyrrole nitrogens is 1. The molecule has 4 aromatic rings.